The van der Waals surface area contributed by atoms with E-state index in [9.17, 15) is 4.79 Å². The molecule has 0 spiro atoms. The SMILES string of the molecule is CCN1CCCC1Cc1ncc(CC(=O)O)o1. The summed E-state index contributed by atoms with van der Waals surface area (Å²) in [7, 11) is 0. The third kappa shape index (κ3) is 3.06. The number of carboxylic acids is 1. The molecule has 0 aliphatic carbocycles. The van der Waals surface area contributed by atoms with E-state index in [1.807, 2.05) is 0 Å². The lowest BCUT2D eigenvalue weighted by molar-refractivity contribution is -0.136. The number of carboxylic acid groups (broad SMARTS) is 1. The number of likely N-dealkylation sites (tertiary alicyclic amines) is 1. The molecule has 1 N–H and O–H groups in total. The number of nitrogens with zero attached hydrogens (tertiary/aromatic N) is 2. The second-order valence-corrected chi connectivity index (χ2v) is 4.42. The van der Waals surface area contributed by atoms with Crippen molar-refractivity contribution in [3.8, 4) is 0 Å². The number of hydrogen-bond donors (Lipinski definition) is 1. The number of likely N-dealkylation sites (N-methyl/N-ethyl adjacent to an activating group) is 1. The van der Waals surface area contributed by atoms with Crippen LogP contribution in [0.1, 0.15) is 31.4 Å². The van der Waals surface area contributed by atoms with Crippen molar-refractivity contribution in [3.63, 3.8) is 0 Å². The molecule has 5 nitrogen and oxygen atoms in total. The second kappa shape index (κ2) is 5.31. The van der Waals surface area contributed by atoms with Crippen LogP contribution in [0, 0.1) is 0 Å². The van der Waals surface area contributed by atoms with Gasteiger partial charge in [-0.2, -0.15) is 0 Å². The maximum absolute atomic E-state index is 10.5. The number of oxazole rings is 1. The Bertz CT molecular complexity index is 389. The van der Waals surface area contributed by atoms with Gasteiger partial charge in [0.15, 0.2) is 5.89 Å². The molecule has 1 unspecified atom stereocenters. The van der Waals surface area contributed by atoms with E-state index in [-0.39, 0.29) is 6.42 Å². The van der Waals surface area contributed by atoms with Crippen LogP contribution in [0.2, 0.25) is 0 Å². The Balaban J connectivity index is 1.94. The Kier molecular flexibility index (Phi) is 3.78. The monoisotopic (exact) mass is 238 g/mol. The number of hydrogen-bond acceptors (Lipinski definition) is 4. The molecule has 1 aliphatic heterocycles. The van der Waals surface area contributed by atoms with Crippen molar-refractivity contribution >= 4 is 5.97 Å². The summed E-state index contributed by atoms with van der Waals surface area (Å²) in [5, 5.41) is 8.64. The Labute approximate surface area is 100 Å². The fraction of sp³-hybridized carbons (Fsp3) is 0.667. The topological polar surface area (TPSA) is 66.6 Å². The molecule has 1 aliphatic rings. The van der Waals surface area contributed by atoms with Gasteiger partial charge < -0.3 is 14.4 Å². The number of carbonyl (C=O) groups is 1. The first-order valence-electron chi connectivity index (χ1n) is 6.08. The predicted octanol–water partition coefficient (Wildman–Crippen LogP) is 1.33. The van der Waals surface area contributed by atoms with Crippen molar-refractivity contribution < 1.29 is 14.3 Å². The highest BCUT2D eigenvalue weighted by Crippen LogP contribution is 2.20. The quantitative estimate of drug-likeness (QED) is 0.838. The summed E-state index contributed by atoms with van der Waals surface area (Å²) in [6.07, 6.45) is 4.61. The van der Waals surface area contributed by atoms with Gasteiger partial charge in [0, 0.05) is 12.5 Å². The lowest BCUT2D eigenvalue weighted by Crippen LogP contribution is -2.30. The Morgan fingerprint density at radius 2 is 2.53 bits per heavy atom. The minimum Gasteiger partial charge on any atom is -0.481 e. The molecule has 94 valence electrons. The summed E-state index contributed by atoms with van der Waals surface area (Å²) in [5.74, 6) is 0.212. The van der Waals surface area contributed by atoms with E-state index < -0.39 is 5.97 Å². The van der Waals surface area contributed by atoms with Crippen LogP contribution >= 0.6 is 0 Å². The molecule has 1 saturated heterocycles. The van der Waals surface area contributed by atoms with Gasteiger partial charge in [-0.25, -0.2) is 4.98 Å². The lowest BCUT2D eigenvalue weighted by atomic mass is 10.1. The molecule has 1 fully saturated rings. The van der Waals surface area contributed by atoms with E-state index in [1.54, 1.807) is 0 Å². The number of aromatic nitrogens is 1. The summed E-state index contributed by atoms with van der Waals surface area (Å²) in [6.45, 7) is 4.35. The Morgan fingerprint density at radius 3 is 3.24 bits per heavy atom. The predicted molar refractivity (Wildman–Crippen MR) is 61.8 cm³/mol. The second-order valence-electron chi connectivity index (χ2n) is 4.42. The van der Waals surface area contributed by atoms with Gasteiger partial charge >= 0.3 is 5.97 Å². The van der Waals surface area contributed by atoms with Crippen LogP contribution in [0.4, 0.5) is 0 Å². The van der Waals surface area contributed by atoms with E-state index in [0.717, 1.165) is 19.5 Å². The summed E-state index contributed by atoms with van der Waals surface area (Å²) in [6, 6.07) is 0.497. The van der Waals surface area contributed by atoms with Crippen LogP contribution in [-0.4, -0.2) is 40.1 Å². The van der Waals surface area contributed by atoms with E-state index in [4.69, 9.17) is 9.52 Å². The zero-order chi connectivity index (χ0) is 12.3. The van der Waals surface area contributed by atoms with E-state index in [0.29, 0.717) is 17.7 Å². The molecule has 0 aromatic carbocycles. The standard InChI is InChI=1S/C12H18N2O3/c1-2-14-5-3-4-9(14)6-11-13-8-10(17-11)7-12(15)16/h8-9H,2-7H2,1H3,(H,15,16). The van der Waals surface area contributed by atoms with Crippen molar-refractivity contribution in [1.29, 1.82) is 0 Å². The lowest BCUT2D eigenvalue weighted by Gasteiger charge is -2.21. The highest BCUT2D eigenvalue weighted by atomic mass is 16.4. The fourth-order valence-corrected chi connectivity index (χ4v) is 2.42. The van der Waals surface area contributed by atoms with Gasteiger partial charge in [0.05, 0.1) is 6.20 Å². The van der Waals surface area contributed by atoms with Gasteiger partial charge in [-0.15, -0.1) is 0 Å². The largest absolute Gasteiger partial charge is 0.481 e. The molecule has 0 bridgehead atoms. The Morgan fingerprint density at radius 1 is 1.71 bits per heavy atom. The first-order chi connectivity index (χ1) is 8.19. The third-order valence-electron chi connectivity index (χ3n) is 3.24. The molecular weight excluding hydrogens is 220 g/mol. The van der Waals surface area contributed by atoms with Crippen LogP contribution in [0.5, 0.6) is 0 Å². The molecule has 1 aromatic rings. The zero-order valence-electron chi connectivity index (χ0n) is 10.1. The van der Waals surface area contributed by atoms with Gasteiger partial charge in [-0.3, -0.25) is 4.79 Å². The van der Waals surface area contributed by atoms with Crippen molar-refractivity contribution in [2.45, 2.75) is 38.6 Å². The smallest absolute Gasteiger partial charge is 0.311 e. The maximum Gasteiger partial charge on any atom is 0.311 e. The minimum atomic E-state index is -0.885. The fourth-order valence-electron chi connectivity index (χ4n) is 2.42. The van der Waals surface area contributed by atoms with E-state index in [1.165, 1.54) is 19.0 Å². The molecule has 5 heteroatoms. The molecule has 17 heavy (non-hydrogen) atoms. The first kappa shape index (κ1) is 12.1. The average Bonchev–Trinajstić information content (AvgIpc) is 2.87. The van der Waals surface area contributed by atoms with Gasteiger partial charge in [0.25, 0.3) is 0 Å². The minimum absolute atomic E-state index is 0.0881. The molecule has 0 radical (unpaired) electrons. The molecule has 1 aromatic heterocycles. The number of rotatable bonds is 5. The highest BCUT2D eigenvalue weighted by Gasteiger charge is 2.24. The summed E-state index contributed by atoms with van der Waals surface area (Å²) in [4.78, 5) is 17.1. The van der Waals surface area contributed by atoms with Crippen LogP contribution in [-0.2, 0) is 17.6 Å². The molecule has 0 amide bonds. The molecule has 2 heterocycles. The van der Waals surface area contributed by atoms with Crippen LogP contribution in [0.15, 0.2) is 10.6 Å². The molecule has 1 atom stereocenters. The third-order valence-corrected chi connectivity index (χ3v) is 3.24. The van der Waals surface area contributed by atoms with Gasteiger partial charge in [-0.05, 0) is 25.9 Å². The Hall–Kier alpha value is -1.36. The van der Waals surface area contributed by atoms with Crippen LogP contribution < -0.4 is 0 Å². The van der Waals surface area contributed by atoms with Gasteiger partial charge in [0.2, 0.25) is 0 Å². The summed E-state index contributed by atoms with van der Waals surface area (Å²) < 4.78 is 5.43. The van der Waals surface area contributed by atoms with Crippen molar-refractivity contribution in [2.24, 2.45) is 0 Å². The van der Waals surface area contributed by atoms with Crippen molar-refractivity contribution in [1.82, 2.24) is 9.88 Å². The highest BCUT2D eigenvalue weighted by molar-refractivity contribution is 5.69. The molecule has 0 saturated carbocycles. The van der Waals surface area contributed by atoms with Crippen LogP contribution in [0.3, 0.4) is 0 Å². The van der Waals surface area contributed by atoms with E-state index in [2.05, 4.69) is 16.8 Å². The van der Waals surface area contributed by atoms with Crippen molar-refractivity contribution in [2.75, 3.05) is 13.1 Å². The molecular formula is C12H18N2O3. The first-order valence-corrected chi connectivity index (χ1v) is 6.08. The molecule has 2 rings (SSSR count). The zero-order valence-corrected chi connectivity index (χ0v) is 10.1. The average molecular weight is 238 g/mol. The summed E-state index contributed by atoms with van der Waals surface area (Å²) in [5.41, 5.74) is 0. The van der Waals surface area contributed by atoms with Gasteiger partial charge in [0.1, 0.15) is 12.2 Å². The van der Waals surface area contributed by atoms with E-state index >= 15 is 0 Å². The summed E-state index contributed by atoms with van der Waals surface area (Å²) >= 11 is 0. The normalized spacial score (nSPS) is 20.9. The maximum atomic E-state index is 10.5. The van der Waals surface area contributed by atoms with Crippen LogP contribution in [0.25, 0.3) is 0 Å². The van der Waals surface area contributed by atoms with Crippen molar-refractivity contribution in [3.05, 3.63) is 17.8 Å². The van der Waals surface area contributed by atoms with Gasteiger partial charge in [-0.1, -0.05) is 6.92 Å². The number of aliphatic carboxylic acids is 1.